The molecule has 1 aliphatic rings. The Hall–Kier alpha value is -1.43. The highest BCUT2D eigenvalue weighted by atomic mass is 32.1. The van der Waals surface area contributed by atoms with E-state index in [0.717, 1.165) is 24.2 Å². The number of carbonyl (C=O) groups excluding carboxylic acids is 1. The van der Waals surface area contributed by atoms with Crippen molar-refractivity contribution in [1.82, 2.24) is 10.3 Å². The molecule has 0 bridgehead atoms. The van der Waals surface area contributed by atoms with Crippen molar-refractivity contribution in [3.63, 3.8) is 0 Å². The van der Waals surface area contributed by atoms with Gasteiger partial charge in [0.2, 0.25) is 0 Å². The Labute approximate surface area is 109 Å². The molecule has 1 aromatic rings. The maximum absolute atomic E-state index is 11.8. The fraction of sp³-hybridized carbons (Fsp3) is 0.583. The lowest BCUT2D eigenvalue weighted by Gasteiger charge is -2.13. The van der Waals surface area contributed by atoms with Crippen molar-refractivity contribution in [3.8, 4) is 0 Å². The summed E-state index contributed by atoms with van der Waals surface area (Å²) in [6.07, 6.45) is 4.58. The van der Waals surface area contributed by atoms with Crippen LogP contribution < -0.4 is 5.32 Å². The minimum Gasteiger partial charge on any atom is -0.476 e. The first kappa shape index (κ1) is 13.0. The first-order valence-corrected chi connectivity index (χ1v) is 6.91. The molecule has 0 aliphatic heterocycles. The van der Waals surface area contributed by atoms with Crippen molar-refractivity contribution >= 4 is 23.2 Å². The number of aromatic carboxylic acids is 1. The Morgan fingerprint density at radius 1 is 1.56 bits per heavy atom. The van der Waals surface area contributed by atoms with E-state index in [4.69, 9.17) is 5.11 Å². The van der Waals surface area contributed by atoms with Gasteiger partial charge in [0.05, 0.1) is 0 Å². The molecule has 1 heterocycles. The highest BCUT2D eigenvalue weighted by molar-refractivity contribution is 7.11. The lowest BCUT2D eigenvalue weighted by Crippen LogP contribution is -2.30. The standard InChI is InChI=1S/C12H16N2O3S/c1-2-3-12(4-5-12)7-13-9(15)10-14-8(6-18-10)11(16)17/h6H,2-5,7H2,1H3,(H,13,15)(H,16,17). The fourth-order valence-corrected chi connectivity index (χ4v) is 2.75. The summed E-state index contributed by atoms with van der Waals surface area (Å²) in [5.41, 5.74) is 0.219. The Kier molecular flexibility index (Phi) is 3.65. The van der Waals surface area contributed by atoms with E-state index in [1.165, 1.54) is 18.2 Å². The van der Waals surface area contributed by atoms with Gasteiger partial charge in [-0.1, -0.05) is 13.3 Å². The van der Waals surface area contributed by atoms with Gasteiger partial charge in [-0.3, -0.25) is 4.79 Å². The quantitative estimate of drug-likeness (QED) is 0.828. The molecule has 0 spiro atoms. The number of carboxylic acids is 1. The van der Waals surface area contributed by atoms with Crippen LogP contribution >= 0.6 is 11.3 Å². The van der Waals surface area contributed by atoms with Crippen LogP contribution in [-0.4, -0.2) is 28.5 Å². The second-order valence-electron chi connectivity index (χ2n) is 4.78. The third-order valence-electron chi connectivity index (χ3n) is 3.28. The molecule has 1 aliphatic carbocycles. The van der Waals surface area contributed by atoms with Crippen LogP contribution in [0.2, 0.25) is 0 Å². The van der Waals surface area contributed by atoms with E-state index < -0.39 is 5.97 Å². The third-order valence-corrected chi connectivity index (χ3v) is 4.12. The van der Waals surface area contributed by atoms with Crippen LogP contribution in [0.1, 0.15) is 52.9 Å². The predicted molar refractivity (Wildman–Crippen MR) is 68.0 cm³/mol. The average molecular weight is 268 g/mol. The van der Waals surface area contributed by atoms with E-state index in [1.54, 1.807) is 0 Å². The van der Waals surface area contributed by atoms with E-state index in [1.807, 2.05) is 0 Å². The van der Waals surface area contributed by atoms with E-state index in [-0.39, 0.29) is 22.0 Å². The molecule has 0 aromatic carbocycles. The number of nitrogens with zero attached hydrogens (tertiary/aromatic N) is 1. The zero-order valence-corrected chi connectivity index (χ0v) is 11.0. The van der Waals surface area contributed by atoms with E-state index in [9.17, 15) is 9.59 Å². The molecule has 0 radical (unpaired) electrons. The molecular weight excluding hydrogens is 252 g/mol. The van der Waals surface area contributed by atoms with Crippen LogP contribution in [0, 0.1) is 5.41 Å². The fourth-order valence-electron chi connectivity index (χ4n) is 2.04. The second kappa shape index (κ2) is 5.06. The molecule has 6 heteroatoms. The van der Waals surface area contributed by atoms with Crippen molar-refractivity contribution in [2.24, 2.45) is 5.41 Å². The molecule has 1 amide bonds. The van der Waals surface area contributed by atoms with Crippen molar-refractivity contribution in [2.45, 2.75) is 32.6 Å². The first-order valence-electron chi connectivity index (χ1n) is 6.03. The van der Waals surface area contributed by atoms with E-state index in [0.29, 0.717) is 6.54 Å². The highest BCUT2D eigenvalue weighted by Crippen LogP contribution is 2.48. The van der Waals surface area contributed by atoms with Gasteiger partial charge in [0.25, 0.3) is 5.91 Å². The van der Waals surface area contributed by atoms with Gasteiger partial charge in [0, 0.05) is 11.9 Å². The predicted octanol–water partition coefficient (Wildman–Crippen LogP) is 2.15. The normalized spacial score (nSPS) is 16.3. The van der Waals surface area contributed by atoms with Gasteiger partial charge < -0.3 is 10.4 Å². The molecule has 1 fully saturated rings. The van der Waals surface area contributed by atoms with Gasteiger partial charge in [-0.05, 0) is 24.7 Å². The minimum atomic E-state index is -1.10. The number of thiazole rings is 1. The Morgan fingerprint density at radius 2 is 2.28 bits per heavy atom. The monoisotopic (exact) mass is 268 g/mol. The lowest BCUT2D eigenvalue weighted by molar-refractivity contribution is 0.0691. The summed E-state index contributed by atoms with van der Waals surface area (Å²) in [7, 11) is 0. The zero-order valence-electron chi connectivity index (χ0n) is 10.2. The highest BCUT2D eigenvalue weighted by Gasteiger charge is 2.41. The summed E-state index contributed by atoms with van der Waals surface area (Å²) in [6, 6.07) is 0. The molecule has 98 valence electrons. The summed E-state index contributed by atoms with van der Waals surface area (Å²) in [6.45, 7) is 2.81. The van der Waals surface area contributed by atoms with Crippen LogP contribution in [-0.2, 0) is 0 Å². The molecule has 1 saturated carbocycles. The number of carbonyl (C=O) groups is 2. The van der Waals surface area contributed by atoms with E-state index >= 15 is 0 Å². The van der Waals surface area contributed by atoms with Crippen molar-refractivity contribution in [1.29, 1.82) is 0 Å². The molecule has 2 rings (SSSR count). The van der Waals surface area contributed by atoms with E-state index in [2.05, 4.69) is 17.2 Å². The van der Waals surface area contributed by atoms with Gasteiger partial charge in [0.15, 0.2) is 10.7 Å². The molecule has 0 atom stereocenters. The van der Waals surface area contributed by atoms with Crippen LogP contribution in [0.5, 0.6) is 0 Å². The van der Waals surface area contributed by atoms with Crippen LogP contribution in [0.4, 0.5) is 0 Å². The number of hydrogen-bond donors (Lipinski definition) is 2. The minimum absolute atomic E-state index is 0.0696. The number of amides is 1. The first-order chi connectivity index (χ1) is 8.56. The summed E-state index contributed by atoms with van der Waals surface area (Å²) >= 11 is 1.07. The van der Waals surface area contributed by atoms with Crippen molar-refractivity contribution in [3.05, 3.63) is 16.1 Å². The average Bonchev–Trinajstić information content (AvgIpc) is 2.92. The largest absolute Gasteiger partial charge is 0.476 e. The Balaban J connectivity index is 1.89. The third kappa shape index (κ3) is 2.87. The second-order valence-corrected chi connectivity index (χ2v) is 5.63. The van der Waals surface area contributed by atoms with Gasteiger partial charge in [0.1, 0.15) is 0 Å². The zero-order chi connectivity index (χ0) is 13.2. The Morgan fingerprint density at radius 3 is 2.78 bits per heavy atom. The number of rotatable bonds is 6. The molecule has 18 heavy (non-hydrogen) atoms. The molecule has 0 saturated heterocycles. The summed E-state index contributed by atoms with van der Waals surface area (Å²) < 4.78 is 0. The molecular formula is C12H16N2O3S. The topological polar surface area (TPSA) is 79.3 Å². The van der Waals surface area contributed by atoms with Crippen LogP contribution in [0.25, 0.3) is 0 Å². The lowest BCUT2D eigenvalue weighted by atomic mass is 10.0. The molecule has 0 unspecified atom stereocenters. The molecule has 2 N–H and O–H groups in total. The van der Waals surface area contributed by atoms with Gasteiger partial charge >= 0.3 is 5.97 Å². The SMILES string of the molecule is CCCC1(CNC(=O)c2nc(C(=O)O)cs2)CC1. The summed E-state index contributed by atoms with van der Waals surface area (Å²) in [5, 5.41) is 13.2. The van der Waals surface area contributed by atoms with Crippen LogP contribution in [0.3, 0.4) is 0 Å². The Bertz CT molecular complexity index is 466. The summed E-state index contributed by atoms with van der Waals surface area (Å²) in [5.74, 6) is -1.37. The number of carboxylic acid groups (broad SMARTS) is 1. The van der Waals surface area contributed by atoms with Crippen molar-refractivity contribution < 1.29 is 14.7 Å². The maximum atomic E-state index is 11.8. The maximum Gasteiger partial charge on any atom is 0.355 e. The summed E-state index contributed by atoms with van der Waals surface area (Å²) in [4.78, 5) is 26.2. The number of aromatic nitrogens is 1. The van der Waals surface area contributed by atoms with Crippen LogP contribution in [0.15, 0.2) is 5.38 Å². The smallest absolute Gasteiger partial charge is 0.355 e. The number of nitrogens with one attached hydrogen (secondary N) is 1. The van der Waals surface area contributed by atoms with Gasteiger partial charge in [-0.2, -0.15) is 0 Å². The number of hydrogen-bond acceptors (Lipinski definition) is 4. The van der Waals surface area contributed by atoms with Gasteiger partial charge in [-0.15, -0.1) is 11.3 Å². The molecule has 1 aromatic heterocycles. The molecule has 5 nitrogen and oxygen atoms in total. The van der Waals surface area contributed by atoms with Crippen molar-refractivity contribution in [2.75, 3.05) is 6.54 Å². The van der Waals surface area contributed by atoms with Gasteiger partial charge in [-0.25, -0.2) is 9.78 Å².